The lowest BCUT2D eigenvalue weighted by molar-refractivity contribution is -0.151. The van der Waals surface area contributed by atoms with E-state index in [-0.39, 0.29) is 11.1 Å². The van der Waals surface area contributed by atoms with Gasteiger partial charge in [-0.1, -0.05) is 0 Å². The average Bonchev–Trinajstić information content (AvgIpc) is 2.45. The molecule has 0 bridgehead atoms. The standard InChI is InChI=1S/C11H15NO4/c1-7-8(9(13)14)11(16-10(7)15)3-5-12(2)6-4-11/h3-6H2,1-2H3,(H,13,14). The first-order valence-corrected chi connectivity index (χ1v) is 5.33. The number of carboxylic acids is 1. The molecule has 1 N–H and O–H groups in total. The highest BCUT2D eigenvalue weighted by Crippen LogP contribution is 2.40. The van der Waals surface area contributed by atoms with E-state index in [1.165, 1.54) is 6.92 Å². The lowest BCUT2D eigenvalue weighted by Gasteiger charge is -2.37. The van der Waals surface area contributed by atoms with Gasteiger partial charge in [0, 0.05) is 31.5 Å². The fraction of sp³-hybridized carbons (Fsp3) is 0.636. The fourth-order valence-corrected chi connectivity index (χ4v) is 2.44. The van der Waals surface area contributed by atoms with Gasteiger partial charge in [0.2, 0.25) is 0 Å². The van der Waals surface area contributed by atoms with Crippen molar-refractivity contribution in [3.63, 3.8) is 0 Å². The van der Waals surface area contributed by atoms with Crippen molar-refractivity contribution in [1.82, 2.24) is 4.90 Å². The number of hydrogen-bond donors (Lipinski definition) is 1. The molecule has 1 saturated heterocycles. The lowest BCUT2D eigenvalue weighted by atomic mass is 9.83. The maximum Gasteiger partial charge on any atom is 0.336 e. The summed E-state index contributed by atoms with van der Waals surface area (Å²) in [4.78, 5) is 24.8. The van der Waals surface area contributed by atoms with E-state index < -0.39 is 17.5 Å². The zero-order chi connectivity index (χ0) is 11.9. The average molecular weight is 225 g/mol. The number of esters is 1. The smallest absolute Gasteiger partial charge is 0.336 e. The molecule has 88 valence electrons. The van der Waals surface area contributed by atoms with Gasteiger partial charge in [0.1, 0.15) is 5.60 Å². The number of aliphatic carboxylic acids is 1. The number of nitrogens with zero attached hydrogens (tertiary/aromatic N) is 1. The van der Waals surface area contributed by atoms with Gasteiger partial charge in [-0.15, -0.1) is 0 Å². The molecule has 1 spiro atoms. The first-order valence-electron chi connectivity index (χ1n) is 5.33. The van der Waals surface area contributed by atoms with Crippen molar-refractivity contribution in [3.05, 3.63) is 11.1 Å². The minimum Gasteiger partial charge on any atom is -0.478 e. The Bertz CT molecular complexity index is 377. The van der Waals surface area contributed by atoms with Gasteiger partial charge in [0.15, 0.2) is 0 Å². The number of piperidine rings is 1. The molecule has 0 radical (unpaired) electrons. The summed E-state index contributed by atoms with van der Waals surface area (Å²) in [6, 6.07) is 0. The van der Waals surface area contributed by atoms with Crippen molar-refractivity contribution in [3.8, 4) is 0 Å². The molecule has 2 aliphatic heterocycles. The second kappa shape index (κ2) is 3.59. The molecule has 0 unspecified atom stereocenters. The Hall–Kier alpha value is -1.36. The van der Waals surface area contributed by atoms with Gasteiger partial charge < -0.3 is 14.7 Å². The van der Waals surface area contributed by atoms with Gasteiger partial charge >= 0.3 is 11.9 Å². The normalized spacial score (nSPS) is 25.0. The van der Waals surface area contributed by atoms with E-state index in [0.717, 1.165) is 13.1 Å². The largest absolute Gasteiger partial charge is 0.478 e. The zero-order valence-corrected chi connectivity index (χ0v) is 9.45. The van der Waals surface area contributed by atoms with Crippen LogP contribution in [0.2, 0.25) is 0 Å². The van der Waals surface area contributed by atoms with E-state index in [9.17, 15) is 14.7 Å². The molecule has 0 aliphatic carbocycles. The molecule has 0 atom stereocenters. The number of likely N-dealkylation sites (tertiary alicyclic amines) is 1. The molecule has 0 aromatic rings. The second-order valence-electron chi connectivity index (χ2n) is 4.49. The molecule has 2 heterocycles. The van der Waals surface area contributed by atoms with Gasteiger partial charge in [0.05, 0.1) is 5.57 Å². The fourth-order valence-electron chi connectivity index (χ4n) is 2.44. The summed E-state index contributed by atoms with van der Waals surface area (Å²) in [6.07, 6.45) is 1.13. The van der Waals surface area contributed by atoms with E-state index in [1.807, 2.05) is 7.05 Å². The lowest BCUT2D eigenvalue weighted by Crippen LogP contribution is -2.46. The Balaban J connectivity index is 2.36. The summed E-state index contributed by atoms with van der Waals surface area (Å²) in [5.74, 6) is -1.52. The quantitative estimate of drug-likeness (QED) is 0.655. The van der Waals surface area contributed by atoms with Gasteiger partial charge in [-0.3, -0.25) is 0 Å². The van der Waals surface area contributed by atoms with Gasteiger partial charge in [0.25, 0.3) is 0 Å². The van der Waals surface area contributed by atoms with E-state index in [1.54, 1.807) is 0 Å². The first-order chi connectivity index (χ1) is 7.46. The van der Waals surface area contributed by atoms with Gasteiger partial charge in [-0.2, -0.15) is 0 Å². The monoisotopic (exact) mass is 225 g/mol. The van der Waals surface area contributed by atoms with E-state index in [4.69, 9.17) is 4.74 Å². The van der Waals surface area contributed by atoms with Gasteiger partial charge in [-0.05, 0) is 14.0 Å². The number of hydrogen-bond acceptors (Lipinski definition) is 4. The van der Waals surface area contributed by atoms with Crippen molar-refractivity contribution in [2.75, 3.05) is 20.1 Å². The summed E-state index contributed by atoms with van der Waals surface area (Å²) < 4.78 is 5.30. The maximum atomic E-state index is 11.5. The minimum absolute atomic E-state index is 0.158. The van der Waals surface area contributed by atoms with Crippen LogP contribution < -0.4 is 0 Å². The van der Waals surface area contributed by atoms with Crippen LogP contribution in [-0.4, -0.2) is 47.7 Å². The second-order valence-corrected chi connectivity index (χ2v) is 4.49. The van der Waals surface area contributed by atoms with Crippen LogP contribution in [-0.2, 0) is 14.3 Å². The van der Waals surface area contributed by atoms with Crippen molar-refractivity contribution < 1.29 is 19.4 Å². The predicted octanol–water partition coefficient (Wildman–Crippen LogP) is 0.409. The molecular weight excluding hydrogens is 210 g/mol. The predicted molar refractivity (Wildman–Crippen MR) is 55.9 cm³/mol. The summed E-state index contributed by atoms with van der Waals surface area (Å²) in [6.45, 7) is 3.02. The molecule has 1 fully saturated rings. The van der Waals surface area contributed by atoms with Crippen LogP contribution >= 0.6 is 0 Å². The third-order valence-corrected chi connectivity index (χ3v) is 3.43. The van der Waals surface area contributed by atoms with Crippen LogP contribution in [0.4, 0.5) is 0 Å². The van der Waals surface area contributed by atoms with E-state index in [0.29, 0.717) is 12.8 Å². The summed E-state index contributed by atoms with van der Waals surface area (Å²) >= 11 is 0. The SMILES string of the molecule is CC1=C(C(=O)O)C2(CCN(C)CC2)OC1=O. The van der Waals surface area contributed by atoms with Crippen molar-refractivity contribution in [1.29, 1.82) is 0 Å². The van der Waals surface area contributed by atoms with Crippen molar-refractivity contribution in [2.45, 2.75) is 25.4 Å². The Morgan fingerprint density at radius 2 is 2.00 bits per heavy atom. The molecule has 2 rings (SSSR count). The topological polar surface area (TPSA) is 66.8 Å². The molecule has 5 nitrogen and oxygen atoms in total. The van der Waals surface area contributed by atoms with Crippen molar-refractivity contribution >= 4 is 11.9 Å². The first kappa shape index (κ1) is 11.1. The summed E-state index contributed by atoms with van der Waals surface area (Å²) in [5, 5.41) is 9.18. The molecule has 2 aliphatic rings. The number of ether oxygens (including phenoxy) is 1. The minimum atomic E-state index is -1.03. The molecule has 0 aromatic carbocycles. The van der Waals surface area contributed by atoms with E-state index >= 15 is 0 Å². The Morgan fingerprint density at radius 1 is 1.44 bits per heavy atom. The maximum absolute atomic E-state index is 11.5. The number of rotatable bonds is 1. The van der Waals surface area contributed by atoms with Crippen LogP contribution in [0, 0.1) is 0 Å². The zero-order valence-electron chi connectivity index (χ0n) is 9.45. The van der Waals surface area contributed by atoms with Crippen molar-refractivity contribution in [2.24, 2.45) is 0 Å². The highest BCUT2D eigenvalue weighted by molar-refractivity contribution is 6.04. The third-order valence-electron chi connectivity index (χ3n) is 3.43. The highest BCUT2D eigenvalue weighted by atomic mass is 16.6. The van der Waals surface area contributed by atoms with Crippen LogP contribution in [0.25, 0.3) is 0 Å². The molecule has 5 heteroatoms. The van der Waals surface area contributed by atoms with Crippen LogP contribution in [0.5, 0.6) is 0 Å². The van der Waals surface area contributed by atoms with E-state index in [2.05, 4.69) is 4.90 Å². The Kier molecular flexibility index (Phi) is 2.50. The molecule has 0 aromatic heterocycles. The molecule has 16 heavy (non-hydrogen) atoms. The Labute approximate surface area is 93.7 Å². The van der Waals surface area contributed by atoms with Crippen LogP contribution in [0.15, 0.2) is 11.1 Å². The number of carbonyl (C=O) groups excluding carboxylic acids is 1. The third kappa shape index (κ3) is 1.51. The van der Waals surface area contributed by atoms with Crippen LogP contribution in [0.1, 0.15) is 19.8 Å². The van der Waals surface area contributed by atoms with Crippen LogP contribution in [0.3, 0.4) is 0 Å². The number of carboxylic acid groups (broad SMARTS) is 1. The summed E-state index contributed by atoms with van der Waals surface area (Å²) in [5.41, 5.74) is -0.470. The molecular formula is C11H15NO4. The highest BCUT2D eigenvalue weighted by Gasteiger charge is 2.50. The Morgan fingerprint density at radius 3 is 2.50 bits per heavy atom. The van der Waals surface area contributed by atoms with Gasteiger partial charge in [-0.25, -0.2) is 9.59 Å². The molecule has 0 saturated carbocycles. The summed E-state index contributed by atoms with van der Waals surface area (Å²) in [7, 11) is 1.97. The molecule has 0 amide bonds. The number of carbonyl (C=O) groups is 2.